The Morgan fingerprint density at radius 2 is 1.76 bits per heavy atom. The quantitative estimate of drug-likeness (QED) is 0.872. The van der Waals surface area contributed by atoms with Gasteiger partial charge in [0.2, 0.25) is 0 Å². The third-order valence-electron chi connectivity index (χ3n) is 2.88. The van der Waals surface area contributed by atoms with Crippen LogP contribution in [0, 0.1) is 28.8 Å². The van der Waals surface area contributed by atoms with Crippen LogP contribution in [0.1, 0.15) is 11.6 Å². The van der Waals surface area contributed by atoms with Gasteiger partial charge in [-0.1, -0.05) is 12.1 Å². The molecule has 3 nitrogen and oxygen atoms in total. The van der Waals surface area contributed by atoms with E-state index < -0.39 is 23.5 Å². The number of halogens is 3. The molecule has 0 fully saturated rings. The largest absolute Gasteiger partial charge is 0.495 e. The highest BCUT2D eigenvalue weighted by molar-refractivity contribution is 5.58. The molecule has 1 atom stereocenters. The number of benzene rings is 2. The molecule has 0 heterocycles. The first-order valence-electron chi connectivity index (χ1n) is 6.00. The molecule has 0 aliphatic carbocycles. The van der Waals surface area contributed by atoms with Gasteiger partial charge in [-0.3, -0.25) is 0 Å². The average molecular weight is 292 g/mol. The highest BCUT2D eigenvalue weighted by atomic mass is 19.2. The standard InChI is InChI=1S/C15H11F3N2O/c1-21-14-5-3-2-4-12(14)20-13(8-19)9-6-10(16)15(18)11(17)7-9/h2-7,13,20H,1H3. The predicted octanol–water partition coefficient (Wildman–Crippen LogP) is 3.79. The van der Waals surface area contributed by atoms with E-state index in [0.29, 0.717) is 11.4 Å². The Labute approximate surface area is 119 Å². The molecule has 0 saturated carbocycles. The molecule has 0 aliphatic rings. The van der Waals surface area contributed by atoms with E-state index in [4.69, 9.17) is 10.00 Å². The zero-order valence-electron chi connectivity index (χ0n) is 11.0. The van der Waals surface area contributed by atoms with Gasteiger partial charge in [-0.2, -0.15) is 5.26 Å². The van der Waals surface area contributed by atoms with Crippen molar-refractivity contribution < 1.29 is 17.9 Å². The van der Waals surface area contributed by atoms with Crippen molar-refractivity contribution in [2.45, 2.75) is 6.04 Å². The Hall–Kier alpha value is -2.68. The number of nitrogens with zero attached hydrogens (tertiary/aromatic N) is 1. The van der Waals surface area contributed by atoms with Crippen LogP contribution in [0.25, 0.3) is 0 Å². The summed E-state index contributed by atoms with van der Waals surface area (Å²) < 4.78 is 44.6. The van der Waals surface area contributed by atoms with Crippen LogP contribution in [0.3, 0.4) is 0 Å². The molecule has 108 valence electrons. The van der Waals surface area contributed by atoms with E-state index in [1.54, 1.807) is 24.3 Å². The van der Waals surface area contributed by atoms with Crippen LogP contribution >= 0.6 is 0 Å². The molecule has 2 rings (SSSR count). The number of hydrogen-bond acceptors (Lipinski definition) is 3. The van der Waals surface area contributed by atoms with E-state index in [-0.39, 0.29) is 5.56 Å². The zero-order chi connectivity index (χ0) is 15.4. The first-order valence-corrected chi connectivity index (χ1v) is 6.00. The minimum Gasteiger partial charge on any atom is -0.495 e. The van der Waals surface area contributed by atoms with Crippen LogP contribution in [0.15, 0.2) is 36.4 Å². The van der Waals surface area contributed by atoms with Gasteiger partial charge in [-0.15, -0.1) is 0 Å². The van der Waals surface area contributed by atoms with E-state index in [1.807, 2.05) is 6.07 Å². The second-order valence-corrected chi connectivity index (χ2v) is 4.21. The lowest BCUT2D eigenvalue weighted by Gasteiger charge is -2.16. The molecule has 1 N–H and O–H groups in total. The summed E-state index contributed by atoms with van der Waals surface area (Å²) in [5, 5.41) is 12.0. The molecule has 0 bridgehead atoms. The highest BCUT2D eigenvalue weighted by Gasteiger charge is 2.18. The maximum atomic E-state index is 13.2. The van der Waals surface area contributed by atoms with Crippen molar-refractivity contribution in [3.05, 3.63) is 59.4 Å². The average Bonchev–Trinajstić information content (AvgIpc) is 2.50. The lowest BCUT2D eigenvalue weighted by molar-refractivity contribution is 0.416. The van der Waals surface area contributed by atoms with Crippen LogP contribution in [-0.4, -0.2) is 7.11 Å². The monoisotopic (exact) mass is 292 g/mol. The van der Waals surface area contributed by atoms with Crippen molar-refractivity contribution in [1.29, 1.82) is 5.26 Å². The van der Waals surface area contributed by atoms with Crippen LogP contribution < -0.4 is 10.1 Å². The third kappa shape index (κ3) is 3.08. The second kappa shape index (κ2) is 6.18. The minimum absolute atomic E-state index is 0.0141. The maximum absolute atomic E-state index is 13.2. The van der Waals surface area contributed by atoms with Crippen molar-refractivity contribution in [3.8, 4) is 11.8 Å². The summed E-state index contributed by atoms with van der Waals surface area (Å²) in [5.74, 6) is -3.77. The summed E-state index contributed by atoms with van der Waals surface area (Å²) >= 11 is 0. The SMILES string of the molecule is COc1ccccc1NC(C#N)c1cc(F)c(F)c(F)c1. The molecular formula is C15H11F3N2O. The molecule has 0 amide bonds. The molecule has 0 saturated heterocycles. The molecule has 1 unspecified atom stereocenters. The number of rotatable bonds is 4. The predicted molar refractivity (Wildman–Crippen MR) is 71.3 cm³/mol. The molecular weight excluding hydrogens is 281 g/mol. The van der Waals surface area contributed by atoms with Gasteiger partial charge < -0.3 is 10.1 Å². The van der Waals surface area contributed by atoms with E-state index in [1.165, 1.54) is 7.11 Å². The third-order valence-corrected chi connectivity index (χ3v) is 2.88. The van der Waals surface area contributed by atoms with E-state index in [0.717, 1.165) is 12.1 Å². The Balaban J connectivity index is 2.35. The van der Waals surface area contributed by atoms with E-state index in [9.17, 15) is 13.2 Å². The Kier molecular flexibility index (Phi) is 4.33. The fourth-order valence-electron chi connectivity index (χ4n) is 1.85. The fraction of sp³-hybridized carbons (Fsp3) is 0.133. The van der Waals surface area contributed by atoms with Gasteiger partial charge in [-0.25, -0.2) is 13.2 Å². The normalized spacial score (nSPS) is 11.6. The number of nitriles is 1. The minimum atomic E-state index is -1.56. The zero-order valence-corrected chi connectivity index (χ0v) is 11.0. The van der Waals surface area contributed by atoms with Crippen molar-refractivity contribution in [3.63, 3.8) is 0 Å². The fourth-order valence-corrected chi connectivity index (χ4v) is 1.85. The topological polar surface area (TPSA) is 45.0 Å². The number of ether oxygens (including phenoxy) is 1. The van der Waals surface area contributed by atoms with Gasteiger partial charge in [0, 0.05) is 0 Å². The lowest BCUT2D eigenvalue weighted by atomic mass is 10.1. The first-order chi connectivity index (χ1) is 10.1. The van der Waals surface area contributed by atoms with Crippen molar-refractivity contribution >= 4 is 5.69 Å². The van der Waals surface area contributed by atoms with Crippen molar-refractivity contribution in [2.75, 3.05) is 12.4 Å². The highest BCUT2D eigenvalue weighted by Crippen LogP contribution is 2.28. The van der Waals surface area contributed by atoms with E-state index >= 15 is 0 Å². The summed E-state index contributed by atoms with van der Waals surface area (Å²) in [5.41, 5.74) is 0.469. The summed E-state index contributed by atoms with van der Waals surface area (Å²) in [4.78, 5) is 0. The van der Waals surface area contributed by atoms with Gasteiger partial charge >= 0.3 is 0 Å². The number of para-hydroxylation sites is 2. The van der Waals surface area contributed by atoms with Crippen LogP contribution in [0.5, 0.6) is 5.75 Å². The van der Waals surface area contributed by atoms with Gasteiger partial charge in [0.1, 0.15) is 11.8 Å². The van der Waals surface area contributed by atoms with Crippen molar-refractivity contribution in [2.24, 2.45) is 0 Å². The second-order valence-electron chi connectivity index (χ2n) is 4.21. The summed E-state index contributed by atoms with van der Waals surface area (Å²) in [6, 6.07) is 9.17. The molecule has 6 heteroatoms. The molecule has 0 aromatic heterocycles. The molecule has 2 aromatic rings. The number of anilines is 1. The molecule has 0 spiro atoms. The number of nitrogens with one attached hydrogen (secondary N) is 1. The summed E-state index contributed by atoms with van der Waals surface area (Å²) in [7, 11) is 1.46. The maximum Gasteiger partial charge on any atom is 0.194 e. The van der Waals surface area contributed by atoms with Crippen LogP contribution in [0.4, 0.5) is 18.9 Å². The Morgan fingerprint density at radius 3 is 2.33 bits per heavy atom. The van der Waals surface area contributed by atoms with Gasteiger partial charge in [-0.05, 0) is 29.8 Å². The summed E-state index contributed by atoms with van der Waals surface area (Å²) in [6.07, 6.45) is 0. The molecule has 0 aliphatic heterocycles. The Bertz CT molecular complexity index is 675. The number of methoxy groups -OCH3 is 1. The van der Waals surface area contributed by atoms with Crippen molar-refractivity contribution in [1.82, 2.24) is 0 Å². The van der Waals surface area contributed by atoms with E-state index in [2.05, 4.69) is 5.32 Å². The first kappa shape index (κ1) is 14.7. The number of hydrogen-bond donors (Lipinski definition) is 1. The lowest BCUT2D eigenvalue weighted by Crippen LogP contribution is -2.11. The van der Waals surface area contributed by atoms with Gasteiger partial charge in [0.05, 0.1) is 18.9 Å². The van der Waals surface area contributed by atoms with Crippen LogP contribution in [0.2, 0.25) is 0 Å². The van der Waals surface area contributed by atoms with Crippen LogP contribution in [-0.2, 0) is 0 Å². The van der Waals surface area contributed by atoms with Gasteiger partial charge in [0.15, 0.2) is 17.5 Å². The van der Waals surface area contributed by atoms with Gasteiger partial charge in [0.25, 0.3) is 0 Å². The Morgan fingerprint density at radius 1 is 1.14 bits per heavy atom. The molecule has 2 aromatic carbocycles. The summed E-state index contributed by atoms with van der Waals surface area (Å²) in [6.45, 7) is 0. The smallest absolute Gasteiger partial charge is 0.194 e. The molecule has 0 radical (unpaired) electrons. The molecule has 21 heavy (non-hydrogen) atoms.